The van der Waals surface area contributed by atoms with Crippen molar-refractivity contribution in [2.24, 2.45) is 0 Å². The minimum absolute atomic E-state index is 0.0616. The summed E-state index contributed by atoms with van der Waals surface area (Å²) in [5.41, 5.74) is 2.42. The number of hydrogen-bond donors (Lipinski definition) is 1. The van der Waals surface area contributed by atoms with Crippen molar-refractivity contribution in [1.29, 1.82) is 0 Å². The van der Waals surface area contributed by atoms with Crippen LogP contribution in [0.25, 0.3) is 0 Å². The van der Waals surface area contributed by atoms with Gasteiger partial charge in [0, 0.05) is 18.8 Å². The fraction of sp³-hybridized carbons (Fsp3) is 0.462. The molecule has 1 heterocycles. The number of para-hydroxylation sites is 1. The van der Waals surface area contributed by atoms with E-state index in [1.165, 1.54) is 23.4 Å². The molecule has 1 aliphatic rings. The number of piperidine rings is 1. The Morgan fingerprint density at radius 1 is 1.06 bits per heavy atom. The number of anilines is 1. The van der Waals surface area contributed by atoms with Crippen molar-refractivity contribution < 1.29 is 22.7 Å². The monoisotopic (exact) mass is 486 g/mol. The molecular formula is C26H34N2O5S. The molecule has 2 aromatic rings. The molecule has 2 atom stereocenters. The Bertz CT molecular complexity index is 1140. The van der Waals surface area contributed by atoms with E-state index in [9.17, 15) is 18.0 Å². The van der Waals surface area contributed by atoms with Gasteiger partial charge in [-0.3, -0.25) is 4.79 Å². The van der Waals surface area contributed by atoms with Crippen LogP contribution in [0.4, 0.5) is 5.69 Å². The van der Waals surface area contributed by atoms with Crippen molar-refractivity contribution in [2.45, 2.75) is 70.3 Å². The van der Waals surface area contributed by atoms with Gasteiger partial charge in [-0.2, -0.15) is 4.31 Å². The van der Waals surface area contributed by atoms with E-state index in [1.54, 1.807) is 13.0 Å². The highest BCUT2D eigenvalue weighted by molar-refractivity contribution is 7.89. The maximum atomic E-state index is 13.0. The lowest BCUT2D eigenvalue weighted by Crippen LogP contribution is -2.35. The highest BCUT2D eigenvalue weighted by Gasteiger charge is 2.28. The Morgan fingerprint density at radius 3 is 2.41 bits per heavy atom. The van der Waals surface area contributed by atoms with Gasteiger partial charge in [0.25, 0.3) is 5.91 Å². The van der Waals surface area contributed by atoms with Crippen molar-refractivity contribution in [3.05, 3.63) is 59.2 Å². The number of ether oxygens (including phenoxy) is 1. The summed E-state index contributed by atoms with van der Waals surface area (Å²) >= 11 is 0. The van der Waals surface area contributed by atoms with Crippen LogP contribution in [-0.4, -0.2) is 43.8 Å². The maximum Gasteiger partial charge on any atom is 0.339 e. The van der Waals surface area contributed by atoms with E-state index in [2.05, 4.69) is 19.2 Å². The van der Waals surface area contributed by atoms with Crippen LogP contribution in [0.1, 0.15) is 73.9 Å². The number of carbonyl (C=O) groups excluding carboxylic acids is 2. The summed E-state index contributed by atoms with van der Waals surface area (Å²) in [6, 6.07) is 12.0. The fourth-order valence-corrected chi connectivity index (χ4v) is 5.55. The third kappa shape index (κ3) is 5.85. The van der Waals surface area contributed by atoms with Gasteiger partial charge < -0.3 is 10.1 Å². The van der Waals surface area contributed by atoms with Crippen LogP contribution < -0.4 is 5.32 Å². The Balaban J connectivity index is 1.74. The summed E-state index contributed by atoms with van der Waals surface area (Å²) in [7, 11) is -3.69. The quantitative estimate of drug-likeness (QED) is 0.538. The van der Waals surface area contributed by atoms with Gasteiger partial charge in [0.1, 0.15) is 0 Å². The Hall–Kier alpha value is -2.71. The molecular weight excluding hydrogens is 452 g/mol. The molecule has 1 amide bonds. The molecule has 1 saturated heterocycles. The lowest BCUT2D eigenvalue weighted by Gasteiger charge is -2.26. The van der Waals surface area contributed by atoms with Crippen molar-refractivity contribution in [1.82, 2.24) is 4.31 Å². The number of nitrogens with zero attached hydrogens (tertiary/aromatic N) is 1. The second-order valence-corrected chi connectivity index (χ2v) is 10.8. The predicted octanol–water partition coefficient (Wildman–Crippen LogP) is 4.87. The molecule has 1 fully saturated rings. The molecule has 3 rings (SSSR count). The van der Waals surface area contributed by atoms with E-state index in [1.807, 2.05) is 24.3 Å². The SMILES string of the molecule is CCC(C)c1ccccc1NC(=O)C(C)OC(=O)c1cc(S(=O)(=O)N2CCCCC2)ccc1C. The van der Waals surface area contributed by atoms with E-state index < -0.39 is 28.0 Å². The summed E-state index contributed by atoms with van der Waals surface area (Å²) in [4.78, 5) is 25.7. The van der Waals surface area contributed by atoms with Crippen LogP contribution in [-0.2, 0) is 19.6 Å². The third-order valence-electron chi connectivity index (χ3n) is 6.40. The standard InChI is InChI=1S/C26H34N2O5S/c1-5-18(2)22-11-7-8-12-24(22)27-25(29)20(4)33-26(30)23-17-21(14-13-19(23)3)34(31,32)28-15-9-6-10-16-28/h7-8,11-14,17-18,20H,5-6,9-10,15-16H2,1-4H3,(H,27,29). The Morgan fingerprint density at radius 2 is 1.74 bits per heavy atom. The zero-order valence-corrected chi connectivity index (χ0v) is 21.2. The van der Waals surface area contributed by atoms with Crippen LogP contribution in [0.5, 0.6) is 0 Å². The van der Waals surface area contributed by atoms with Crippen LogP contribution in [0.15, 0.2) is 47.4 Å². The predicted molar refractivity (Wildman–Crippen MR) is 132 cm³/mol. The van der Waals surface area contributed by atoms with Crippen molar-refractivity contribution in [3.63, 3.8) is 0 Å². The summed E-state index contributed by atoms with van der Waals surface area (Å²) in [5.74, 6) is -0.911. The summed E-state index contributed by atoms with van der Waals surface area (Å²) < 4.78 is 32.9. The lowest BCUT2D eigenvalue weighted by atomic mass is 9.97. The summed E-state index contributed by atoms with van der Waals surface area (Å²) in [6.45, 7) is 8.33. The van der Waals surface area contributed by atoms with Crippen LogP contribution >= 0.6 is 0 Å². The first-order chi connectivity index (χ1) is 16.1. The first-order valence-corrected chi connectivity index (χ1v) is 13.3. The Labute approximate surface area is 202 Å². The smallest absolute Gasteiger partial charge is 0.339 e. The fourth-order valence-electron chi connectivity index (χ4n) is 4.01. The molecule has 0 radical (unpaired) electrons. The van der Waals surface area contributed by atoms with Crippen LogP contribution in [0.2, 0.25) is 0 Å². The minimum atomic E-state index is -3.69. The van der Waals surface area contributed by atoms with Crippen molar-refractivity contribution in [2.75, 3.05) is 18.4 Å². The number of esters is 1. The van der Waals surface area contributed by atoms with E-state index in [4.69, 9.17) is 4.74 Å². The molecule has 8 heteroatoms. The highest BCUT2D eigenvalue weighted by atomic mass is 32.2. The molecule has 2 unspecified atom stereocenters. The largest absolute Gasteiger partial charge is 0.449 e. The number of carbonyl (C=O) groups is 2. The topological polar surface area (TPSA) is 92.8 Å². The first kappa shape index (κ1) is 25.9. The molecule has 0 aromatic heterocycles. The summed E-state index contributed by atoms with van der Waals surface area (Å²) in [6.07, 6.45) is 2.53. The molecule has 2 aromatic carbocycles. The van der Waals surface area contributed by atoms with Gasteiger partial charge in [-0.05, 0) is 68.4 Å². The number of hydrogen-bond acceptors (Lipinski definition) is 5. The molecule has 0 spiro atoms. The lowest BCUT2D eigenvalue weighted by molar-refractivity contribution is -0.123. The number of nitrogens with one attached hydrogen (secondary N) is 1. The number of sulfonamides is 1. The number of rotatable bonds is 8. The van der Waals surface area contributed by atoms with Crippen molar-refractivity contribution in [3.8, 4) is 0 Å². The number of aryl methyl sites for hydroxylation is 1. The molecule has 34 heavy (non-hydrogen) atoms. The van der Waals surface area contributed by atoms with Crippen LogP contribution in [0, 0.1) is 6.92 Å². The molecule has 0 saturated carbocycles. The van der Waals surface area contributed by atoms with Gasteiger partial charge in [-0.15, -0.1) is 0 Å². The van der Waals surface area contributed by atoms with E-state index in [0.29, 0.717) is 24.3 Å². The maximum absolute atomic E-state index is 13.0. The second kappa shape index (κ2) is 11.1. The molecule has 7 nitrogen and oxygen atoms in total. The zero-order valence-electron chi connectivity index (χ0n) is 20.3. The normalized spacial score (nSPS) is 16.5. The zero-order chi connectivity index (χ0) is 24.9. The molecule has 1 N–H and O–H groups in total. The van der Waals surface area contributed by atoms with Gasteiger partial charge in [0.05, 0.1) is 10.5 Å². The molecule has 184 valence electrons. The third-order valence-corrected chi connectivity index (χ3v) is 8.29. The molecule has 1 aliphatic heterocycles. The van der Waals surface area contributed by atoms with Gasteiger partial charge in [0.15, 0.2) is 6.10 Å². The first-order valence-electron chi connectivity index (χ1n) is 11.9. The van der Waals surface area contributed by atoms with Gasteiger partial charge in [0.2, 0.25) is 10.0 Å². The molecule has 0 bridgehead atoms. The average molecular weight is 487 g/mol. The Kier molecular flexibility index (Phi) is 8.49. The highest BCUT2D eigenvalue weighted by Crippen LogP contribution is 2.27. The van der Waals surface area contributed by atoms with E-state index >= 15 is 0 Å². The van der Waals surface area contributed by atoms with Crippen molar-refractivity contribution >= 4 is 27.6 Å². The second-order valence-electron chi connectivity index (χ2n) is 8.87. The summed E-state index contributed by atoms with van der Waals surface area (Å²) in [5, 5.41) is 2.86. The van der Waals surface area contributed by atoms with Gasteiger partial charge in [-0.1, -0.05) is 44.5 Å². The number of benzene rings is 2. The van der Waals surface area contributed by atoms with Gasteiger partial charge in [-0.25, -0.2) is 13.2 Å². The minimum Gasteiger partial charge on any atom is -0.449 e. The van der Waals surface area contributed by atoms with Crippen LogP contribution in [0.3, 0.4) is 0 Å². The van der Waals surface area contributed by atoms with Gasteiger partial charge >= 0.3 is 5.97 Å². The van der Waals surface area contributed by atoms with E-state index in [-0.39, 0.29) is 16.4 Å². The van der Waals surface area contributed by atoms with E-state index in [0.717, 1.165) is 31.2 Å². The number of amides is 1. The molecule has 0 aliphatic carbocycles. The average Bonchev–Trinajstić information content (AvgIpc) is 2.84.